The predicted molar refractivity (Wildman–Crippen MR) is 96.1 cm³/mol. The Balaban J connectivity index is 1.95. The third-order valence-electron chi connectivity index (χ3n) is 5.15. The van der Waals surface area contributed by atoms with E-state index in [1.165, 1.54) is 5.56 Å². The fourth-order valence-electron chi connectivity index (χ4n) is 2.66. The number of hydrogen-bond donors (Lipinski definition) is 1. The van der Waals surface area contributed by atoms with Gasteiger partial charge in [0.25, 0.3) is 0 Å². The molecular formula is C18H31NO3Si. The van der Waals surface area contributed by atoms with Crippen LogP contribution in [0.5, 0.6) is 5.75 Å². The third kappa shape index (κ3) is 4.56. The number of nitrogens with zero attached hydrogens (tertiary/aromatic N) is 1. The van der Waals surface area contributed by atoms with Crippen molar-refractivity contribution in [3.05, 3.63) is 29.8 Å². The van der Waals surface area contributed by atoms with Crippen molar-refractivity contribution in [2.24, 2.45) is 0 Å². The minimum atomic E-state index is -1.79. The summed E-state index contributed by atoms with van der Waals surface area (Å²) < 4.78 is 11.6. The first-order valence-corrected chi connectivity index (χ1v) is 11.3. The summed E-state index contributed by atoms with van der Waals surface area (Å²) in [6.07, 6.45) is 0.402. The van der Waals surface area contributed by atoms with Gasteiger partial charge in [0, 0.05) is 19.5 Å². The largest absolute Gasteiger partial charge is 0.497 e. The summed E-state index contributed by atoms with van der Waals surface area (Å²) in [5.74, 6) is 0.856. The topological polar surface area (TPSA) is 41.9 Å². The average molecular weight is 338 g/mol. The Labute approximate surface area is 141 Å². The third-order valence-corrected chi connectivity index (χ3v) is 9.68. The Morgan fingerprint density at radius 2 is 1.83 bits per heavy atom. The Hall–Kier alpha value is -0.883. The zero-order valence-electron chi connectivity index (χ0n) is 15.3. The van der Waals surface area contributed by atoms with E-state index in [0.29, 0.717) is 6.42 Å². The summed E-state index contributed by atoms with van der Waals surface area (Å²) >= 11 is 0. The molecule has 0 unspecified atom stereocenters. The second-order valence-corrected chi connectivity index (χ2v) is 12.8. The SMILES string of the molecule is COc1ccc(CN2C[C@H](O[Si](C)(C)C(C)(C)C)C[C@@H]2O)cc1. The maximum atomic E-state index is 10.4. The molecule has 0 aromatic heterocycles. The van der Waals surface area contributed by atoms with Crippen molar-refractivity contribution in [1.29, 1.82) is 0 Å². The van der Waals surface area contributed by atoms with Crippen LogP contribution < -0.4 is 4.74 Å². The number of aliphatic hydroxyl groups excluding tert-OH is 1. The van der Waals surface area contributed by atoms with Gasteiger partial charge in [-0.25, -0.2) is 0 Å². The molecule has 0 saturated carbocycles. The van der Waals surface area contributed by atoms with Gasteiger partial charge < -0.3 is 14.3 Å². The number of hydrogen-bond acceptors (Lipinski definition) is 4. The van der Waals surface area contributed by atoms with Crippen LogP contribution in [0.15, 0.2) is 24.3 Å². The lowest BCUT2D eigenvalue weighted by molar-refractivity contribution is 0.0326. The lowest BCUT2D eigenvalue weighted by Gasteiger charge is -2.38. The van der Waals surface area contributed by atoms with E-state index in [2.05, 4.69) is 38.8 Å². The van der Waals surface area contributed by atoms with Crippen molar-refractivity contribution in [1.82, 2.24) is 4.90 Å². The van der Waals surface area contributed by atoms with E-state index in [1.807, 2.05) is 24.3 Å². The normalized spacial score (nSPS) is 23.3. The first kappa shape index (κ1) is 18.5. The number of rotatable bonds is 5. The number of aliphatic hydroxyl groups is 1. The van der Waals surface area contributed by atoms with E-state index < -0.39 is 14.5 Å². The molecule has 0 bridgehead atoms. The fraction of sp³-hybridized carbons (Fsp3) is 0.667. The van der Waals surface area contributed by atoms with Gasteiger partial charge in [-0.1, -0.05) is 32.9 Å². The minimum Gasteiger partial charge on any atom is -0.497 e. The quantitative estimate of drug-likeness (QED) is 0.834. The Bertz CT molecular complexity index is 510. The van der Waals surface area contributed by atoms with E-state index in [0.717, 1.165) is 18.8 Å². The second kappa shape index (κ2) is 6.93. The summed E-state index contributed by atoms with van der Waals surface area (Å²) in [5, 5.41) is 10.6. The van der Waals surface area contributed by atoms with Crippen LogP contribution in [0.4, 0.5) is 0 Å². The second-order valence-electron chi connectivity index (χ2n) is 7.99. The van der Waals surface area contributed by atoms with Crippen LogP contribution in [0, 0.1) is 0 Å². The van der Waals surface area contributed by atoms with Gasteiger partial charge in [-0.05, 0) is 35.8 Å². The van der Waals surface area contributed by atoms with Crippen LogP contribution in [-0.4, -0.2) is 44.3 Å². The molecule has 1 aliphatic heterocycles. The van der Waals surface area contributed by atoms with Crippen LogP contribution in [0.1, 0.15) is 32.8 Å². The Morgan fingerprint density at radius 1 is 1.22 bits per heavy atom. The molecule has 5 heteroatoms. The Morgan fingerprint density at radius 3 is 2.35 bits per heavy atom. The van der Waals surface area contributed by atoms with E-state index >= 15 is 0 Å². The van der Waals surface area contributed by atoms with Crippen LogP contribution in [0.2, 0.25) is 18.1 Å². The van der Waals surface area contributed by atoms with E-state index in [-0.39, 0.29) is 11.1 Å². The zero-order valence-corrected chi connectivity index (χ0v) is 16.3. The number of methoxy groups -OCH3 is 1. The Kier molecular flexibility index (Phi) is 5.56. The number of ether oxygens (including phenoxy) is 1. The maximum absolute atomic E-state index is 10.4. The molecule has 2 atom stereocenters. The smallest absolute Gasteiger partial charge is 0.192 e. The average Bonchev–Trinajstić information content (AvgIpc) is 2.77. The number of likely N-dealkylation sites (tertiary alicyclic amines) is 1. The molecule has 1 aliphatic rings. The molecule has 0 spiro atoms. The van der Waals surface area contributed by atoms with E-state index in [1.54, 1.807) is 7.11 Å². The van der Waals surface area contributed by atoms with Gasteiger partial charge >= 0.3 is 0 Å². The summed E-state index contributed by atoms with van der Waals surface area (Å²) in [6.45, 7) is 12.8. The van der Waals surface area contributed by atoms with Crippen molar-refractivity contribution >= 4 is 8.32 Å². The van der Waals surface area contributed by atoms with Crippen molar-refractivity contribution < 1.29 is 14.3 Å². The highest BCUT2D eigenvalue weighted by atomic mass is 28.4. The molecule has 23 heavy (non-hydrogen) atoms. The molecule has 130 valence electrons. The van der Waals surface area contributed by atoms with Gasteiger partial charge in [0.1, 0.15) is 12.0 Å². The summed E-state index contributed by atoms with van der Waals surface area (Å²) in [4.78, 5) is 2.10. The molecule has 4 nitrogen and oxygen atoms in total. The van der Waals surface area contributed by atoms with Crippen molar-refractivity contribution in [2.75, 3.05) is 13.7 Å². The van der Waals surface area contributed by atoms with Crippen LogP contribution in [0.3, 0.4) is 0 Å². The zero-order chi connectivity index (χ0) is 17.3. The van der Waals surface area contributed by atoms with Crippen molar-refractivity contribution in [3.63, 3.8) is 0 Å². The highest BCUT2D eigenvalue weighted by Crippen LogP contribution is 2.38. The highest BCUT2D eigenvalue weighted by molar-refractivity contribution is 6.74. The summed E-state index contributed by atoms with van der Waals surface area (Å²) in [7, 11) is -0.119. The first-order chi connectivity index (χ1) is 10.6. The van der Waals surface area contributed by atoms with E-state index in [9.17, 15) is 5.11 Å². The van der Waals surface area contributed by atoms with E-state index in [4.69, 9.17) is 9.16 Å². The molecule has 1 aromatic rings. The van der Waals surface area contributed by atoms with Crippen molar-refractivity contribution in [2.45, 2.75) is 64.2 Å². The van der Waals surface area contributed by atoms with Gasteiger partial charge in [-0.3, -0.25) is 4.90 Å². The van der Waals surface area contributed by atoms with Gasteiger partial charge in [-0.15, -0.1) is 0 Å². The van der Waals surface area contributed by atoms with Crippen LogP contribution in [0.25, 0.3) is 0 Å². The minimum absolute atomic E-state index is 0.129. The van der Waals surface area contributed by atoms with Gasteiger partial charge in [0.05, 0.1) is 13.2 Å². The van der Waals surface area contributed by atoms with Gasteiger partial charge in [0.2, 0.25) is 0 Å². The molecule has 1 N–H and O–H groups in total. The molecule has 1 fully saturated rings. The number of benzene rings is 1. The standard InChI is InChI=1S/C18H31NO3Si/c1-18(2,3)23(5,6)22-16-11-17(20)19(13-16)12-14-7-9-15(21-4)10-8-14/h7-10,16-17,20H,11-13H2,1-6H3/t16-,17+/m1/s1. The lowest BCUT2D eigenvalue weighted by Crippen LogP contribution is -2.44. The van der Waals surface area contributed by atoms with Gasteiger partial charge in [-0.2, -0.15) is 0 Å². The monoisotopic (exact) mass is 337 g/mol. The highest BCUT2D eigenvalue weighted by Gasteiger charge is 2.42. The fourth-order valence-corrected chi connectivity index (χ4v) is 4.01. The molecule has 1 heterocycles. The molecule has 1 aromatic carbocycles. The first-order valence-electron chi connectivity index (χ1n) is 8.35. The molecular weight excluding hydrogens is 306 g/mol. The molecule has 0 radical (unpaired) electrons. The molecule has 0 amide bonds. The van der Waals surface area contributed by atoms with Gasteiger partial charge in [0.15, 0.2) is 8.32 Å². The summed E-state index contributed by atoms with van der Waals surface area (Å²) in [5.41, 5.74) is 1.18. The lowest BCUT2D eigenvalue weighted by atomic mass is 10.2. The molecule has 0 aliphatic carbocycles. The van der Waals surface area contributed by atoms with Crippen LogP contribution >= 0.6 is 0 Å². The molecule has 2 rings (SSSR count). The van der Waals surface area contributed by atoms with Crippen molar-refractivity contribution in [3.8, 4) is 5.75 Å². The summed E-state index contributed by atoms with van der Waals surface area (Å²) in [6, 6.07) is 8.02. The molecule has 1 saturated heterocycles. The predicted octanol–water partition coefficient (Wildman–Crippen LogP) is 3.61. The maximum Gasteiger partial charge on any atom is 0.192 e. The van der Waals surface area contributed by atoms with Crippen LogP contribution in [-0.2, 0) is 11.0 Å².